The molecule has 1 saturated heterocycles. The van der Waals surface area contributed by atoms with E-state index in [-0.39, 0.29) is 12.4 Å². The van der Waals surface area contributed by atoms with E-state index in [0.29, 0.717) is 19.1 Å². The van der Waals surface area contributed by atoms with Crippen molar-refractivity contribution in [3.05, 3.63) is 0 Å². The molecule has 13 heavy (non-hydrogen) atoms. The quantitative estimate of drug-likeness (QED) is 0.511. The highest BCUT2D eigenvalue weighted by Gasteiger charge is 2.15. The number of ether oxygens (including phenoxy) is 2. The van der Waals surface area contributed by atoms with Crippen LogP contribution in [0.3, 0.4) is 0 Å². The van der Waals surface area contributed by atoms with Crippen molar-refractivity contribution in [1.29, 1.82) is 0 Å². The Hall–Kier alpha value is 0.160. The first-order valence-corrected chi connectivity index (χ1v) is 6.63. The third-order valence-corrected chi connectivity index (χ3v) is 2.97. The molecule has 1 aliphatic rings. The topological polar surface area (TPSA) is 52.6 Å². The molecule has 4 nitrogen and oxygen atoms in total. The molecular weight excluding hydrogens is 216 g/mol. The maximum absolute atomic E-state index is 10.5. The highest BCUT2D eigenvalue weighted by molar-refractivity contribution is 8.13. The molecule has 6 heteroatoms. The Morgan fingerprint density at radius 3 is 2.85 bits per heavy atom. The minimum Gasteiger partial charge on any atom is -0.381 e. The molecule has 1 atom stereocenters. The Morgan fingerprint density at radius 1 is 1.54 bits per heavy atom. The van der Waals surface area contributed by atoms with Gasteiger partial charge in [0.25, 0.3) is 0 Å². The van der Waals surface area contributed by atoms with Gasteiger partial charge in [-0.2, -0.15) is 0 Å². The van der Waals surface area contributed by atoms with Crippen molar-refractivity contribution in [1.82, 2.24) is 0 Å². The normalized spacial score (nSPS) is 23.6. The van der Waals surface area contributed by atoms with E-state index in [9.17, 15) is 8.42 Å². The molecular formula is C7H13ClO4S. The molecule has 0 bridgehead atoms. The Kier molecular flexibility index (Phi) is 4.45. The van der Waals surface area contributed by atoms with Crippen molar-refractivity contribution >= 4 is 19.7 Å². The first kappa shape index (κ1) is 11.2. The number of rotatable bonds is 5. The lowest BCUT2D eigenvalue weighted by molar-refractivity contribution is 0.0999. The largest absolute Gasteiger partial charge is 0.381 e. The van der Waals surface area contributed by atoms with Gasteiger partial charge in [0.1, 0.15) is 0 Å². The summed E-state index contributed by atoms with van der Waals surface area (Å²) in [5.74, 6) is 0.292. The molecule has 0 aromatic rings. The van der Waals surface area contributed by atoms with Crippen LogP contribution in [0.4, 0.5) is 0 Å². The molecule has 1 unspecified atom stereocenters. The lowest BCUT2D eigenvalue weighted by Gasteiger charge is -2.07. The van der Waals surface area contributed by atoms with Gasteiger partial charge in [0.15, 0.2) is 0 Å². The summed E-state index contributed by atoms with van der Waals surface area (Å²) in [5.41, 5.74) is 0. The SMILES string of the molecule is O=S(=O)(Cl)CCOCC1CCOC1. The molecule has 1 heterocycles. The third-order valence-electron chi connectivity index (χ3n) is 1.85. The standard InChI is InChI=1S/C7H13ClO4S/c8-13(9,10)4-3-12-6-7-1-2-11-5-7/h7H,1-6H2. The molecule has 0 aromatic heterocycles. The smallest absolute Gasteiger partial charge is 0.234 e. The predicted octanol–water partition coefficient (Wildman–Crippen LogP) is 0.608. The van der Waals surface area contributed by atoms with Crippen LogP contribution in [0.25, 0.3) is 0 Å². The van der Waals surface area contributed by atoms with E-state index in [2.05, 4.69) is 0 Å². The average molecular weight is 229 g/mol. The molecule has 0 saturated carbocycles. The van der Waals surface area contributed by atoms with E-state index in [1.807, 2.05) is 0 Å². The van der Waals surface area contributed by atoms with Crippen LogP contribution < -0.4 is 0 Å². The molecule has 1 rings (SSSR count). The molecule has 78 valence electrons. The zero-order valence-electron chi connectivity index (χ0n) is 7.24. The second-order valence-corrected chi connectivity index (χ2v) is 5.94. The van der Waals surface area contributed by atoms with Crippen molar-refractivity contribution in [3.8, 4) is 0 Å². The van der Waals surface area contributed by atoms with Gasteiger partial charge in [-0.15, -0.1) is 0 Å². The lowest BCUT2D eigenvalue weighted by Crippen LogP contribution is -2.13. The molecule has 0 aliphatic carbocycles. The van der Waals surface area contributed by atoms with E-state index in [0.717, 1.165) is 13.0 Å². The summed E-state index contributed by atoms with van der Waals surface area (Å²) in [6, 6.07) is 0. The first-order valence-electron chi connectivity index (χ1n) is 4.16. The van der Waals surface area contributed by atoms with E-state index >= 15 is 0 Å². The second-order valence-electron chi connectivity index (χ2n) is 3.05. The monoisotopic (exact) mass is 228 g/mol. The average Bonchev–Trinajstić information content (AvgIpc) is 2.48. The fraction of sp³-hybridized carbons (Fsp3) is 1.00. The summed E-state index contributed by atoms with van der Waals surface area (Å²) in [5, 5.41) is 0. The minimum atomic E-state index is -3.40. The van der Waals surface area contributed by atoms with Gasteiger partial charge < -0.3 is 9.47 Å². The van der Waals surface area contributed by atoms with Gasteiger partial charge in [0.05, 0.1) is 25.6 Å². The van der Waals surface area contributed by atoms with Crippen LogP contribution in [0.5, 0.6) is 0 Å². The molecule has 0 aromatic carbocycles. The summed E-state index contributed by atoms with van der Waals surface area (Å²) >= 11 is 0. The van der Waals surface area contributed by atoms with Crippen molar-refractivity contribution in [2.75, 3.05) is 32.2 Å². The van der Waals surface area contributed by atoms with Gasteiger partial charge >= 0.3 is 0 Å². The highest BCUT2D eigenvalue weighted by Crippen LogP contribution is 2.12. The van der Waals surface area contributed by atoms with Crippen LogP contribution in [-0.4, -0.2) is 40.6 Å². The van der Waals surface area contributed by atoms with E-state index < -0.39 is 9.05 Å². The molecule has 0 spiro atoms. The van der Waals surface area contributed by atoms with Crippen LogP contribution >= 0.6 is 10.7 Å². The molecule has 0 radical (unpaired) electrons. The van der Waals surface area contributed by atoms with Crippen molar-refractivity contribution in [3.63, 3.8) is 0 Å². The zero-order chi connectivity index (χ0) is 9.73. The van der Waals surface area contributed by atoms with Gasteiger partial charge in [0, 0.05) is 23.2 Å². The van der Waals surface area contributed by atoms with Gasteiger partial charge in [-0.25, -0.2) is 8.42 Å². The van der Waals surface area contributed by atoms with Gasteiger partial charge in [-0.3, -0.25) is 0 Å². The molecule has 0 amide bonds. The number of hydrogen-bond donors (Lipinski definition) is 0. The zero-order valence-corrected chi connectivity index (χ0v) is 8.81. The molecule has 1 fully saturated rings. The second kappa shape index (κ2) is 5.14. The lowest BCUT2D eigenvalue weighted by atomic mass is 10.1. The Labute approximate surface area is 82.6 Å². The van der Waals surface area contributed by atoms with Crippen molar-refractivity contribution < 1.29 is 17.9 Å². The molecule has 0 N–H and O–H groups in total. The Balaban J connectivity index is 2.01. The maximum atomic E-state index is 10.5. The van der Waals surface area contributed by atoms with Crippen LogP contribution in [-0.2, 0) is 18.5 Å². The summed E-state index contributed by atoms with van der Waals surface area (Å²) in [6.45, 7) is 2.23. The fourth-order valence-corrected chi connectivity index (χ4v) is 1.63. The summed E-state index contributed by atoms with van der Waals surface area (Å²) in [7, 11) is 1.59. The van der Waals surface area contributed by atoms with Crippen molar-refractivity contribution in [2.45, 2.75) is 6.42 Å². The van der Waals surface area contributed by atoms with Crippen LogP contribution in [0, 0.1) is 5.92 Å². The maximum Gasteiger partial charge on any atom is 0.234 e. The summed E-state index contributed by atoms with van der Waals surface area (Å²) in [6.07, 6.45) is 0.994. The molecule has 1 aliphatic heterocycles. The summed E-state index contributed by atoms with van der Waals surface area (Å²) < 4.78 is 31.3. The Bertz CT molecular complexity index is 233. The fourth-order valence-electron chi connectivity index (χ4n) is 1.12. The van der Waals surface area contributed by atoms with Gasteiger partial charge in [-0.05, 0) is 6.42 Å². The van der Waals surface area contributed by atoms with Gasteiger partial charge in [0.2, 0.25) is 9.05 Å². The Morgan fingerprint density at radius 2 is 2.31 bits per heavy atom. The van der Waals surface area contributed by atoms with Crippen LogP contribution in [0.2, 0.25) is 0 Å². The van der Waals surface area contributed by atoms with E-state index in [1.54, 1.807) is 0 Å². The highest BCUT2D eigenvalue weighted by atomic mass is 35.7. The van der Waals surface area contributed by atoms with Gasteiger partial charge in [-0.1, -0.05) is 0 Å². The third kappa shape index (κ3) is 5.46. The first-order chi connectivity index (χ1) is 6.08. The predicted molar refractivity (Wildman–Crippen MR) is 49.4 cm³/mol. The number of halogens is 1. The van der Waals surface area contributed by atoms with Crippen LogP contribution in [0.15, 0.2) is 0 Å². The van der Waals surface area contributed by atoms with Crippen molar-refractivity contribution in [2.24, 2.45) is 5.92 Å². The number of hydrogen-bond acceptors (Lipinski definition) is 4. The minimum absolute atomic E-state index is 0.123. The van der Waals surface area contributed by atoms with Crippen LogP contribution in [0.1, 0.15) is 6.42 Å². The van der Waals surface area contributed by atoms with E-state index in [4.69, 9.17) is 20.2 Å². The van der Waals surface area contributed by atoms with E-state index in [1.165, 1.54) is 0 Å². The summed E-state index contributed by atoms with van der Waals surface area (Å²) in [4.78, 5) is 0.